The van der Waals surface area contributed by atoms with Crippen LogP contribution in [0.15, 0.2) is 11.0 Å². The zero-order chi connectivity index (χ0) is 15.9. The lowest BCUT2D eigenvalue weighted by atomic mass is 10.2. The highest BCUT2D eigenvalue weighted by Gasteiger charge is 2.41. The maximum absolute atomic E-state index is 12.8. The van der Waals surface area contributed by atoms with Gasteiger partial charge in [0.05, 0.1) is 10.9 Å². The summed E-state index contributed by atoms with van der Waals surface area (Å²) >= 11 is 13.4. The Hall–Kier alpha value is -0.470. The summed E-state index contributed by atoms with van der Waals surface area (Å²) in [6.07, 6.45) is 0. The summed E-state index contributed by atoms with van der Waals surface area (Å²) in [5, 5.41) is 9.53. The second-order valence-electron chi connectivity index (χ2n) is 4.69. The monoisotopic (exact) mass is 369 g/mol. The fourth-order valence-corrected chi connectivity index (χ4v) is 6.40. The minimum absolute atomic E-state index is 0.0814. The van der Waals surface area contributed by atoms with Crippen LogP contribution in [-0.2, 0) is 14.8 Å². The number of hydrogen-bond donors (Lipinski definition) is 1. The number of halogens is 2. The Morgan fingerprint density at radius 3 is 2.62 bits per heavy atom. The molecule has 1 saturated heterocycles. The van der Waals surface area contributed by atoms with Crippen LogP contribution in [0.2, 0.25) is 10.0 Å². The lowest BCUT2D eigenvalue weighted by molar-refractivity contribution is -0.140. The molecule has 116 valence electrons. The van der Waals surface area contributed by atoms with Gasteiger partial charge in [0.15, 0.2) is 0 Å². The predicted molar refractivity (Wildman–Crippen MR) is 83.7 cm³/mol. The largest absolute Gasteiger partial charge is 0.480 e. The van der Waals surface area contributed by atoms with E-state index >= 15 is 0 Å². The topological polar surface area (TPSA) is 74.7 Å². The van der Waals surface area contributed by atoms with Crippen molar-refractivity contribution in [3.05, 3.63) is 27.2 Å². The summed E-state index contributed by atoms with van der Waals surface area (Å²) in [5.41, 5.74) is 0.859. The van der Waals surface area contributed by atoms with E-state index in [1.165, 1.54) is 11.8 Å². The van der Waals surface area contributed by atoms with Crippen LogP contribution in [0.4, 0.5) is 0 Å². The number of carbonyl (C=O) groups is 1. The summed E-state index contributed by atoms with van der Waals surface area (Å²) in [6, 6.07) is 0.501. The van der Waals surface area contributed by atoms with Crippen LogP contribution in [0, 0.1) is 13.8 Å². The third-order valence-corrected chi connectivity index (χ3v) is 7.48. The van der Waals surface area contributed by atoms with E-state index in [2.05, 4.69) is 0 Å². The molecular weight excluding hydrogens is 357 g/mol. The number of aryl methyl sites for hydroxylation is 1. The summed E-state index contributed by atoms with van der Waals surface area (Å²) in [6.45, 7) is 3.21. The predicted octanol–water partition coefficient (Wildman–Crippen LogP) is 2.76. The smallest absolute Gasteiger partial charge is 0.322 e. The number of rotatable bonds is 3. The molecule has 1 aliphatic rings. The third kappa shape index (κ3) is 2.90. The molecule has 1 aliphatic heterocycles. The minimum Gasteiger partial charge on any atom is -0.480 e. The van der Waals surface area contributed by atoms with Crippen molar-refractivity contribution in [2.45, 2.75) is 24.8 Å². The molecule has 0 saturated carbocycles. The summed E-state index contributed by atoms with van der Waals surface area (Å²) in [4.78, 5) is 11.1. The molecule has 0 amide bonds. The lowest BCUT2D eigenvalue weighted by Gasteiger charge is -2.22. The van der Waals surface area contributed by atoms with Gasteiger partial charge in [-0.25, -0.2) is 8.42 Å². The molecule has 5 nitrogen and oxygen atoms in total. The molecule has 1 aromatic carbocycles. The van der Waals surface area contributed by atoms with Gasteiger partial charge in [-0.2, -0.15) is 4.31 Å². The molecule has 1 N–H and O–H groups in total. The number of sulfonamides is 1. The summed E-state index contributed by atoms with van der Waals surface area (Å²) in [7, 11) is -4.02. The van der Waals surface area contributed by atoms with Crippen molar-refractivity contribution < 1.29 is 18.3 Å². The van der Waals surface area contributed by atoms with Crippen molar-refractivity contribution in [1.29, 1.82) is 0 Å². The van der Waals surface area contributed by atoms with Crippen LogP contribution in [-0.4, -0.2) is 41.5 Å². The molecule has 9 heteroatoms. The molecule has 2 rings (SSSR count). The highest BCUT2D eigenvalue weighted by molar-refractivity contribution is 8.00. The number of carboxylic acid groups (broad SMARTS) is 1. The maximum Gasteiger partial charge on any atom is 0.322 e. The average Bonchev–Trinajstić information content (AvgIpc) is 2.86. The van der Waals surface area contributed by atoms with Gasteiger partial charge in [-0.3, -0.25) is 4.79 Å². The number of carboxylic acids is 1. The van der Waals surface area contributed by atoms with Gasteiger partial charge in [0.25, 0.3) is 0 Å². The Morgan fingerprint density at radius 1 is 1.43 bits per heavy atom. The second-order valence-corrected chi connectivity index (χ2v) is 8.30. The summed E-state index contributed by atoms with van der Waals surface area (Å²) in [5.74, 6) is -0.873. The molecular formula is C12H13Cl2NO4S2. The van der Waals surface area contributed by atoms with Gasteiger partial charge in [0, 0.05) is 10.8 Å². The zero-order valence-electron chi connectivity index (χ0n) is 11.3. The highest BCUT2D eigenvalue weighted by atomic mass is 35.5. The molecule has 0 spiro atoms. The van der Waals surface area contributed by atoms with Crippen molar-refractivity contribution in [3.8, 4) is 0 Å². The Bertz CT molecular complexity index is 679. The number of hydrogen-bond acceptors (Lipinski definition) is 4. The van der Waals surface area contributed by atoms with Crippen molar-refractivity contribution in [3.63, 3.8) is 0 Å². The van der Waals surface area contributed by atoms with Crippen molar-refractivity contribution in [1.82, 2.24) is 4.31 Å². The first-order chi connectivity index (χ1) is 9.67. The molecule has 1 aromatic rings. The van der Waals surface area contributed by atoms with E-state index in [1.54, 1.807) is 19.9 Å². The average molecular weight is 370 g/mol. The van der Waals surface area contributed by atoms with E-state index < -0.39 is 22.0 Å². The fraction of sp³-hybridized carbons (Fsp3) is 0.417. The molecule has 0 aliphatic carbocycles. The molecule has 0 radical (unpaired) electrons. The van der Waals surface area contributed by atoms with Crippen LogP contribution >= 0.6 is 35.0 Å². The Morgan fingerprint density at radius 2 is 2.05 bits per heavy atom. The molecule has 1 heterocycles. The lowest BCUT2D eigenvalue weighted by Crippen LogP contribution is -2.42. The van der Waals surface area contributed by atoms with Crippen LogP contribution in [0.5, 0.6) is 0 Å². The molecule has 1 atom stereocenters. The molecule has 1 fully saturated rings. The number of thioether (sulfide) groups is 1. The standard InChI is InChI=1S/C12H13Cl2NO4S2/c1-6-3-8(13)7(2)11(10(6)14)21(18,19)15-5-20-4-9(15)12(16)17/h3,9H,4-5H2,1-2H3,(H,16,17). The number of aliphatic carboxylic acids is 1. The maximum atomic E-state index is 12.8. The van der Waals surface area contributed by atoms with Crippen molar-refractivity contribution >= 4 is 51.0 Å². The number of nitrogens with zero attached hydrogens (tertiary/aromatic N) is 1. The molecule has 0 bridgehead atoms. The number of benzene rings is 1. The first-order valence-electron chi connectivity index (χ1n) is 5.95. The van der Waals surface area contributed by atoms with Crippen molar-refractivity contribution in [2.24, 2.45) is 0 Å². The Balaban J connectivity index is 2.63. The van der Waals surface area contributed by atoms with Crippen LogP contribution in [0.3, 0.4) is 0 Å². The van der Waals surface area contributed by atoms with Crippen LogP contribution in [0.25, 0.3) is 0 Å². The first-order valence-corrected chi connectivity index (χ1v) is 9.30. The second kappa shape index (κ2) is 5.96. The van der Waals surface area contributed by atoms with E-state index in [0.717, 1.165) is 4.31 Å². The normalized spacial score (nSPS) is 19.9. The van der Waals surface area contributed by atoms with Gasteiger partial charge in [-0.15, -0.1) is 11.8 Å². The Labute approximate surface area is 137 Å². The quantitative estimate of drug-likeness (QED) is 0.886. The van der Waals surface area contributed by atoms with Gasteiger partial charge < -0.3 is 5.11 Å². The van der Waals surface area contributed by atoms with Crippen LogP contribution in [0.1, 0.15) is 11.1 Å². The minimum atomic E-state index is -4.02. The van der Waals surface area contributed by atoms with Crippen LogP contribution < -0.4 is 0 Å². The molecule has 0 aromatic heterocycles. The van der Waals surface area contributed by atoms with Gasteiger partial charge in [0.2, 0.25) is 10.0 Å². The third-order valence-electron chi connectivity index (χ3n) is 3.28. The first kappa shape index (κ1) is 16.9. The molecule has 1 unspecified atom stereocenters. The SMILES string of the molecule is Cc1cc(Cl)c(C)c(S(=O)(=O)N2CSCC2C(=O)O)c1Cl. The van der Waals surface area contributed by atoms with E-state index in [0.29, 0.717) is 11.1 Å². The van der Waals surface area contributed by atoms with Gasteiger partial charge in [-0.05, 0) is 31.0 Å². The van der Waals surface area contributed by atoms with Gasteiger partial charge >= 0.3 is 5.97 Å². The van der Waals surface area contributed by atoms with Gasteiger partial charge in [0.1, 0.15) is 10.9 Å². The molecule has 21 heavy (non-hydrogen) atoms. The van der Waals surface area contributed by atoms with E-state index in [4.69, 9.17) is 28.3 Å². The van der Waals surface area contributed by atoms with Crippen molar-refractivity contribution in [2.75, 3.05) is 11.6 Å². The van der Waals surface area contributed by atoms with E-state index in [-0.39, 0.29) is 26.6 Å². The highest BCUT2D eigenvalue weighted by Crippen LogP contribution is 2.37. The van der Waals surface area contributed by atoms with E-state index in [9.17, 15) is 13.2 Å². The summed E-state index contributed by atoms with van der Waals surface area (Å²) < 4.78 is 26.6. The zero-order valence-corrected chi connectivity index (χ0v) is 14.4. The fourth-order valence-electron chi connectivity index (χ4n) is 2.10. The van der Waals surface area contributed by atoms with Gasteiger partial charge in [-0.1, -0.05) is 23.2 Å². The van der Waals surface area contributed by atoms with E-state index in [1.807, 2.05) is 0 Å². The Kier molecular flexibility index (Phi) is 4.80.